The van der Waals surface area contributed by atoms with Crippen molar-refractivity contribution in [1.29, 1.82) is 0 Å². The average Bonchev–Trinajstić information content (AvgIpc) is 2.81. The Labute approximate surface area is 180 Å². The van der Waals surface area contributed by atoms with Crippen LogP contribution < -0.4 is 10.6 Å². The van der Waals surface area contributed by atoms with Gasteiger partial charge in [0.05, 0.1) is 11.6 Å². The lowest BCUT2D eigenvalue weighted by Gasteiger charge is -2.24. The Bertz CT molecular complexity index is 971. The van der Waals surface area contributed by atoms with E-state index in [0.29, 0.717) is 5.56 Å². The molecule has 0 saturated carbocycles. The number of aromatic nitrogens is 1. The summed E-state index contributed by atoms with van der Waals surface area (Å²) in [6.07, 6.45) is 2.63. The zero-order valence-corrected chi connectivity index (χ0v) is 16.8. The van der Waals surface area contributed by atoms with Crippen molar-refractivity contribution >= 4 is 17.8 Å². The molecule has 2 amide bonds. The summed E-state index contributed by atoms with van der Waals surface area (Å²) in [6.45, 7) is 0. The van der Waals surface area contributed by atoms with Gasteiger partial charge in [-0.05, 0) is 29.7 Å². The van der Waals surface area contributed by atoms with Crippen LogP contribution in [0.1, 0.15) is 40.4 Å². The molecule has 7 heteroatoms. The van der Waals surface area contributed by atoms with Gasteiger partial charge in [0, 0.05) is 18.8 Å². The molecule has 1 aromatic heterocycles. The van der Waals surface area contributed by atoms with Crippen molar-refractivity contribution in [1.82, 2.24) is 15.6 Å². The number of hydrogen-bond donors (Lipinski definition) is 3. The van der Waals surface area contributed by atoms with E-state index in [1.54, 1.807) is 12.1 Å². The Morgan fingerprint density at radius 2 is 1.45 bits per heavy atom. The monoisotopic (exact) mass is 417 g/mol. The molecular formula is C24H23N3O4. The molecular weight excluding hydrogens is 394 g/mol. The van der Waals surface area contributed by atoms with Gasteiger partial charge in [0.15, 0.2) is 0 Å². The fourth-order valence-electron chi connectivity index (χ4n) is 3.17. The van der Waals surface area contributed by atoms with E-state index in [-0.39, 0.29) is 12.8 Å². The first-order valence-electron chi connectivity index (χ1n) is 9.87. The second kappa shape index (κ2) is 10.7. The molecule has 0 aliphatic carbocycles. The predicted molar refractivity (Wildman–Crippen MR) is 115 cm³/mol. The average molecular weight is 417 g/mol. The van der Waals surface area contributed by atoms with E-state index in [9.17, 15) is 14.4 Å². The van der Waals surface area contributed by atoms with E-state index in [1.807, 2.05) is 60.7 Å². The van der Waals surface area contributed by atoms with Crippen molar-refractivity contribution in [3.8, 4) is 0 Å². The molecule has 31 heavy (non-hydrogen) atoms. The summed E-state index contributed by atoms with van der Waals surface area (Å²) in [5, 5.41) is 14.7. The van der Waals surface area contributed by atoms with Crippen LogP contribution in [0, 0.1) is 0 Å². The highest BCUT2D eigenvalue weighted by atomic mass is 16.4. The minimum atomic E-state index is -1.05. The standard InChI is InChI=1S/C24H23N3O4/c28-21(29)14-13-20(26-23(30)19-12-7-15-25-16-19)24(31)27-22(17-8-3-1-4-9-17)18-10-5-2-6-11-18/h1-12,15-16,20,22H,13-14H2,(H,26,30)(H,27,31)(H,28,29)/t20-/m0/s1. The number of pyridine rings is 1. The lowest BCUT2D eigenvalue weighted by Crippen LogP contribution is -2.48. The first kappa shape index (κ1) is 21.7. The third kappa shape index (κ3) is 6.24. The van der Waals surface area contributed by atoms with Crippen LogP contribution in [-0.2, 0) is 9.59 Å². The molecule has 0 aliphatic heterocycles. The fourth-order valence-corrected chi connectivity index (χ4v) is 3.17. The normalized spacial score (nSPS) is 11.5. The van der Waals surface area contributed by atoms with Crippen molar-refractivity contribution in [3.63, 3.8) is 0 Å². The molecule has 2 aromatic carbocycles. The Hall–Kier alpha value is -4.00. The zero-order valence-electron chi connectivity index (χ0n) is 16.8. The second-order valence-corrected chi connectivity index (χ2v) is 6.96. The minimum Gasteiger partial charge on any atom is -0.481 e. The third-order valence-electron chi connectivity index (χ3n) is 4.74. The fraction of sp³-hybridized carbons (Fsp3) is 0.167. The molecule has 1 atom stereocenters. The quantitative estimate of drug-likeness (QED) is 0.496. The number of hydrogen-bond acceptors (Lipinski definition) is 4. The van der Waals surface area contributed by atoms with Gasteiger partial charge in [0.2, 0.25) is 5.91 Å². The van der Waals surface area contributed by atoms with Crippen LogP contribution in [-0.4, -0.2) is 33.9 Å². The molecule has 158 valence electrons. The highest BCUT2D eigenvalue weighted by Gasteiger charge is 2.26. The lowest BCUT2D eigenvalue weighted by molar-refractivity contribution is -0.137. The van der Waals surface area contributed by atoms with Gasteiger partial charge in [0.1, 0.15) is 6.04 Å². The van der Waals surface area contributed by atoms with E-state index in [2.05, 4.69) is 15.6 Å². The Morgan fingerprint density at radius 1 is 0.839 bits per heavy atom. The van der Waals surface area contributed by atoms with Gasteiger partial charge >= 0.3 is 5.97 Å². The second-order valence-electron chi connectivity index (χ2n) is 6.96. The summed E-state index contributed by atoms with van der Waals surface area (Å²) < 4.78 is 0. The van der Waals surface area contributed by atoms with E-state index in [4.69, 9.17) is 5.11 Å². The number of carbonyl (C=O) groups excluding carboxylic acids is 2. The van der Waals surface area contributed by atoms with E-state index < -0.39 is 29.9 Å². The Kier molecular flexibility index (Phi) is 7.48. The highest BCUT2D eigenvalue weighted by molar-refractivity contribution is 5.97. The molecule has 0 spiro atoms. The molecule has 3 rings (SSSR count). The summed E-state index contributed by atoms with van der Waals surface area (Å²) in [4.78, 5) is 40.7. The molecule has 0 fully saturated rings. The minimum absolute atomic E-state index is 0.0382. The summed E-state index contributed by atoms with van der Waals surface area (Å²) in [7, 11) is 0. The van der Waals surface area contributed by atoms with Crippen molar-refractivity contribution in [2.24, 2.45) is 0 Å². The highest BCUT2D eigenvalue weighted by Crippen LogP contribution is 2.22. The number of nitrogens with one attached hydrogen (secondary N) is 2. The van der Waals surface area contributed by atoms with Gasteiger partial charge in [-0.3, -0.25) is 19.4 Å². The van der Waals surface area contributed by atoms with E-state index in [1.165, 1.54) is 12.4 Å². The van der Waals surface area contributed by atoms with Crippen LogP contribution in [0.4, 0.5) is 0 Å². The molecule has 0 unspecified atom stereocenters. The number of aliphatic carboxylic acids is 1. The number of carbonyl (C=O) groups is 3. The van der Waals surface area contributed by atoms with Gasteiger partial charge in [-0.15, -0.1) is 0 Å². The summed E-state index contributed by atoms with van der Waals surface area (Å²) in [6, 6.07) is 20.6. The topological polar surface area (TPSA) is 108 Å². The van der Waals surface area contributed by atoms with Crippen molar-refractivity contribution in [2.75, 3.05) is 0 Å². The zero-order chi connectivity index (χ0) is 22.1. The van der Waals surface area contributed by atoms with Crippen LogP contribution in [0.3, 0.4) is 0 Å². The number of carboxylic acid groups (broad SMARTS) is 1. The molecule has 3 aromatic rings. The number of nitrogens with zero attached hydrogens (tertiary/aromatic N) is 1. The van der Waals surface area contributed by atoms with E-state index >= 15 is 0 Å². The first-order valence-corrected chi connectivity index (χ1v) is 9.87. The van der Waals surface area contributed by atoms with Crippen LogP contribution in [0.15, 0.2) is 85.2 Å². The van der Waals surface area contributed by atoms with Crippen molar-refractivity contribution in [2.45, 2.75) is 24.9 Å². The number of carboxylic acids is 1. The van der Waals surface area contributed by atoms with Crippen LogP contribution >= 0.6 is 0 Å². The summed E-state index contributed by atoms with van der Waals surface area (Å²) in [5.41, 5.74) is 2.04. The summed E-state index contributed by atoms with van der Waals surface area (Å²) in [5.74, 6) is -2.00. The largest absolute Gasteiger partial charge is 0.481 e. The number of amides is 2. The van der Waals surface area contributed by atoms with Gasteiger partial charge in [-0.2, -0.15) is 0 Å². The SMILES string of the molecule is O=C(O)CC[C@H](NC(=O)c1cccnc1)C(=O)NC(c1ccccc1)c1ccccc1. The molecule has 1 heterocycles. The van der Waals surface area contributed by atoms with Crippen molar-refractivity contribution in [3.05, 3.63) is 102 Å². The molecule has 3 N–H and O–H groups in total. The molecule has 0 radical (unpaired) electrons. The smallest absolute Gasteiger partial charge is 0.303 e. The summed E-state index contributed by atoms with van der Waals surface area (Å²) >= 11 is 0. The molecule has 0 bridgehead atoms. The van der Waals surface area contributed by atoms with Gasteiger partial charge < -0.3 is 15.7 Å². The van der Waals surface area contributed by atoms with Gasteiger partial charge in [0.25, 0.3) is 5.91 Å². The maximum absolute atomic E-state index is 13.1. The molecule has 0 saturated heterocycles. The Balaban J connectivity index is 1.82. The lowest BCUT2D eigenvalue weighted by atomic mass is 9.98. The maximum atomic E-state index is 13.1. The predicted octanol–water partition coefficient (Wildman–Crippen LogP) is 2.95. The molecule has 0 aliphatic rings. The van der Waals surface area contributed by atoms with Gasteiger partial charge in [-0.1, -0.05) is 60.7 Å². The Morgan fingerprint density at radius 3 is 1.97 bits per heavy atom. The van der Waals surface area contributed by atoms with Gasteiger partial charge in [-0.25, -0.2) is 0 Å². The van der Waals surface area contributed by atoms with E-state index in [0.717, 1.165) is 11.1 Å². The third-order valence-corrected chi connectivity index (χ3v) is 4.74. The van der Waals surface area contributed by atoms with Crippen LogP contribution in [0.5, 0.6) is 0 Å². The number of benzene rings is 2. The van der Waals surface area contributed by atoms with Crippen LogP contribution in [0.25, 0.3) is 0 Å². The van der Waals surface area contributed by atoms with Crippen LogP contribution in [0.2, 0.25) is 0 Å². The molecule has 7 nitrogen and oxygen atoms in total. The first-order chi connectivity index (χ1) is 15.0. The number of rotatable bonds is 9. The van der Waals surface area contributed by atoms with Crippen molar-refractivity contribution < 1.29 is 19.5 Å². The maximum Gasteiger partial charge on any atom is 0.303 e.